The molecule has 0 unspecified atom stereocenters. The van der Waals surface area contributed by atoms with E-state index in [4.69, 9.17) is 0 Å². The van der Waals surface area contributed by atoms with E-state index in [1.807, 2.05) is 11.8 Å². The molecule has 0 bridgehead atoms. The van der Waals surface area contributed by atoms with Gasteiger partial charge in [-0.05, 0) is 48.4 Å². The van der Waals surface area contributed by atoms with E-state index in [0.29, 0.717) is 0 Å². The standard InChI is InChI=1S/C20H23NS/c1-3-8-18(9-4-1)19-12-15-21(16-13-19)14-7-17-22-20-10-5-2-6-11-20/h1-6,8-12H,7,13-17H2. The number of hydrogen-bond donors (Lipinski definition) is 0. The molecule has 1 aliphatic heterocycles. The van der Waals surface area contributed by atoms with Gasteiger partial charge in [0.25, 0.3) is 0 Å². The van der Waals surface area contributed by atoms with Crippen molar-refractivity contribution >= 4 is 17.3 Å². The highest BCUT2D eigenvalue weighted by atomic mass is 32.2. The summed E-state index contributed by atoms with van der Waals surface area (Å²) in [5.74, 6) is 1.20. The second-order valence-corrected chi connectivity index (χ2v) is 6.83. The van der Waals surface area contributed by atoms with Gasteiger partial charge in [0.2, 0.25) is 0 Å². The largest absolute Gasteiger partial charge is 0.299 e. The summed E-state index contributed by atoms with van der Waals surface area (Å²) in [6, 6.07) is 21.5. The maximum atomic E-state index is 2.57. The van der Waals surface area contributed by atoms with E-state index in [2.05, 4.69) is 71.6 Å². The fourth-order valence-electron chi connectivity index (χ4n) is 2.82. The summed E-state index contributed by atoms with van der Waals surface area (Å²) in [5.41, 5.74) is 2.90. The van der Waals surface area contributed by atoms with Gasteiger partial charge in [0.15, 0.2) is 0 Å². The fourth-order valence-corrected chi connectivity index (χ4v) is 3.68. The molecule has 0 saturated heterocycles. The van der Waals surface area contributed by atoms with E-state index in [9.17, 15) is 0 Å². The molecule has 0 atom stereocenters. The van der Waals surface area contributed by atoms with Gasteiger partial charge in [0, 0.05) is 18.0 Å². The van der Waals surface area contributed by atoms with Crippen LogP contribution in [0.5, 0.6) is 0 Å². The van der Waals surface area contributed by atoms with Crippen LogP contribution in [0.15, 0.2) is 71.6 Å². The Labute approximate surface area is 138 Å². The van der Waals surface area contributed by atoms with Gasteiger partial charge in [-0.25, -0.2) is 0 Å². The Hall–Kier alpha value is -1.51. The molecule has 1 heterocycles. The predicted octanol–water partition coefficient (Wildman–Crippen LogP) is 4.96. The van der Waals surface area contributed by atoms with Gasteiger partial charge in [0.05, 0.1) is 0 Å². The summed E-state index contributed by atoms with van der Waals surface area (Å²) < 4.78 is 0. The molecule has 0 radical (unpaired) electrons. The molecule has 2 aromatic carbocycles. The molecular weight excluding hydrogens is 286 g/mol. The number of rotatable bonds is 6. The summed E-state index contributed by atoms with van der Waals surface area (Å²) >= 11 is 1.96. The SMILES string of the molecule is C1=C(c2ccccc2)CCN(CCCSc2ccccc2)C1. The van der Waals surface area contributed by atoms with Gasteiger partial charge in [0.1, 0.15) is 0 Å². The minimum Gasteiger partial charge on any atom is -0.299 e. The highest BCUT2D eigenvalue weighted by Crippen LogP contribution is 2.22. The zero-order valence-corrected chi connectivity index (χ0v) is 13.8. The van der Waals surface area contributed by atoms with Gasteiger partial charge >= 0.3 is 0 Å². The molecule has 2 heteroatoms. The van der Waals surface area contributed by atoms with Gasteiger partial charge in [-0.1, -0.05) is 54.6 Å². The molecule has 2 aromatic rings. The van der Waals surface area contributed by atoms with E-state index in [1.165, 1.54) is 47.7 Å². The first-order chi connectivity index (χ1) is 10.9. The molecule has 3 rings (SSSR count). The first-order valence-corrected chi connectivity index (χ1v) is 9.05. The van der Waals surface area contributed by atoms with Crippen LogP contribution < -0.4 is 0 Å². The first-order valence-electron chi connectivity index (χ1n) is 8.06. The average molecular weight is 309 g/mol. The first kappa shape index (κ1) is 15.4. The lowest BCUT2D eigenvalue weighted by molar-refractivity contribution is 0.303. The fraction of sp³-hybridized carbons (Fsp3) is 0.300. The molecule has 0 spiro atoms. The molecule has 1 nitrogen and oxygen atoms in total. The number of hydrogen-bond acceptors (Lipinski definition) is 2. The monoisotopic (exact) mass is 309 g/mol. The van der Waals surface area contributed by atoms with E-state index in [1.54, 1.807) is 0 Å². The van der Waals surface area contributed by atoms with Crippen molar-refractivity contribution in [1.82, 2.24) is 4.90 Å². The van der Waals surface area contributed by atoms with Crippen molar-refractivity contribution in [2.45, 2.75) is 17.7 Å². The highest BCUT2D eigenvalue weighted by molar-refractivity contribution is 7.99. The van der Waals surface area contributed by atoms with Gasteiger partial charge in [-0.2, -0.15) is 0 Å². The van der Waals surface area contributed by atoms with Gasteiger partial charge in [-0.15, -0.1) is 11.8 Å². The smallest absolute Gasteiger partial charge is 0.0169 e. The minimum atomic E-state index is 1.10. The van der Waals surface area contributed by atoms with E-state index < -0.39 is 0 Å². The maximum Gasteiger partial charge on any atom is 0.0169 e. The molecular formula is C20H23NS. The molecule has 0 aromatic heterocycles. The summed E-state index contributed by atoms with van der Waals surface area (Å²) in [7, 11) is 0. The number of nitrogens with zero attached hydrogens (tertiary/aromatic N) is 1. The molecule has 0 saturated carbocycles. The third kappa shape index (κ3) is 4.49. The topological polar surface area (TPSA) is 3.24 Å². The van der Waals surface area contributed by atoms with Crippen LogP contribution in [0, 0.1) is 0 Å². The molecule has 22 heavy (non-hydrogen) atoms. The summed E-state index contributed by atoms with van der Waals surface area (Å²) in [5, 5.41) is 0. The Kier molecular flexibility index (Phi) is 5.74. The van der Waals surface area contributed by atoms with Crippen molar-refractivity contribution in [3.63, 3.8) is 0 Å². The average Bonchev–Trinajstić information content (AvgIpc) is 2.61. The zero-order chi connectivity index (χ0) is 15.0. The van der Waals surface area contributed by atoms with Crippen LogP contribution in [-0.2, 0) is 0 Å². The van der Waals surface area contributed by atoms with Gasteiger partial charge < -0.3 is 0 Å². The lowest BCUT2D eigenvalue weighted by Gasteiger charge is -2.26. The zero-order valence-electron chi connectivity index (χ0n) is 12.9. The summed E-state index contributed by atoms with van der Waals surface area (Å²) in [4.78, 5) is 3.95. The normalized spacial score (nSPS) is 15.5. The van der Waals surface area contributed by atoms with Crippen LogP contribution in [0.4, 0.5) is 0 Å². The predicted molar refractivity (Wildman–Crippen MR) is 97.3 cm³/mol. The lowest BCUT2D eigenvalue weighted by atomic mass is 9.99. The van der Waals surface area contributed by atoms with Crippen LogP contribution in [0.2, 0.25) is 0 Å². The third-order valence-corrected chi connectivity index (χ3v) is 5.17. The Balaban J connectivity index is 1.40. The van der Waals surface area contributed by atoms with Crippen molar-refractivity contribution in [1.29, 1.82) is 0 Å². The minimum absolute atomic E-state index is 1.10. The van der Waals surface area contributed by atoms with Crippen LogP contribution in [-0.4, -0.2) is 30.3 Å². The lowest BCUT2D eigenvalue weighted by Crippen LogP contribution is -2.29. The summed E-state index contributed by atoms with van der Waals surface area (Å²) in [6.45, 7) is 3.50. The molecule has 0 N–H and O–H groups in total. The van der Waals surface area contributed by atoms with Crippen molar-refractivity contribution in [3.05, 3.63) is 72.3 Å². The van der Waals surface area contributed by atoms with E-state index in [0.717, 1.165) is 6.54 Å². The van der Waals surface area contributed by atoms with Crippen molar-refractivity contribution in [2.75, 3.05) is 25.4 Å². The Morgan fingerprint density at radius 3 is 2.32 bits per heavy atom. The maximum absolute atomic E-state index is 2.57. The molecule has 0 fully saturated rings. The van der Waals surface area contributed by atoms with Crippen molar-refractivity contribution in [2.24, 2.45) is 0 Å². The highest BCUT2D eigenvalue weighted by Gasteiger charge is 2.12. The number of benzene rings is 2. The van der Waals surface area contributed by atoms with E-state index >= 15 is 0 Å². The van der Waals surface area contributed by atoms with Crippen LogP contribution >= 0.6 is 11.8 Å². The Morgan fingerprint density at radius 2 is 1.64 bits per heavy atom. The van der Waals surface area contributed by atoms with Crippen LogP contribution in [0.25, 0.3) is 5.57 Å². The summed E-state index contributed by atoms with van der Waals surface area (Å²) in [6.07, 6.45) is 4.84. The quantitative estimate of drug-likeness (QED) is 0.548. The molecule has 1 aliphatic rings. The Bertz CT molecular complexity index is 592. The van der Waals surface area contributed by atoms with E-state index in [-0.39, 0.29) is 0 Å². The molecule has 0 amide bonds. The van der Waals surface area contributed by atoms with Crippen molar-refractivity contribution in [3.8, 4) is 0 Å². The van der Waals surface area contributed by atoms with Crippen LogP contribution in [0.3, 0.4) is 0 Å². The van der Waals surface area contributed by atoms with Gasteiger partial charge in [-0.3, -0.25) is 4.90 Å². The molecule has 0 aliphatic carbocycles. The second kappa shape index (κ2) is 8.21. The third-order valence-electron chi connectivity index (χ3n) is 4.07. The Morgan fingerprint density at radius 1 is 0.909 bits per heavy atom. The van der Waals surface area contributed by atoms with Crippen molar-refractivity contribution < 1.29 is 0 Å². The number of thioether (sulfide) groups is 1. The second-order valence-electron chi connectivity index (χ2n) is 5.66. The van der Waals surface area contributed by atoms with Crippen LogP contribution in [0.1, 0.15) is 18.4 Å². The molecule has 114 valence electrons.